The van der Waals surface area contributed by atoms with Crippen LogP contribution in [-0.2, 0) is 0 Å². The molecule has 0 spiro atoms. The third-order valence-corrected chi connectivity index (χ3v) is 7.62. The Kier molecular flexibility index (Phi) is 7.59. The molecular formula is C31H35FN6O. The molecule has 8 heteroatoms. The Morgan fingerprint density at radius 3 is 2.72 bits per heavy atom. The highest BCUT2D eigenvalue weighted by Gasteiger charge is 2.42. The van der Waals surface area contributed by atoms with E-state index in [1.807, 2.05) is 66.2 Å². The number of fused-ring (bicyclic) bond motifs is 1. The Balaban J connectivity index is 1.62. The lowest BCUT2D eigenvalue weighted by Crippen LogP contribution is -2.64. The molecular weight excluding hydrogens is 491 g/mol. The van der Waals surface area contributed by atoms with E-state index < -0.39 is 0 Å². The number of hydrogen-bond acceptors (Lipinski definition) is 5. The first-order valence-corrected chi connectivity index (χ1v) is 13.4. The zero-order valence-corrected chi connectivity index (χ0v) is 22.7. The quantitative estimate of drug-likeness (QED) is 0.311. The van der Waals surface area contributed by atoms with Gasteiger partial charge in [-0.3, -0.25) is 9.69 Å². The summed E-state index contributed by atoms with van der Waals surface area (Å²) in [5, 5.41) is 12.7. The molecule has 1 aliphatic rings. The molecule has 1 amide bonds. The van der Waals surface area contributed by atoms with Crippen LogP contribution in [0.2, 0.25) is 0 Å². The maximum Gasteiger partial charge on any atom is 0.258 e. The van der Waals surface area contributed by atoms with Crippen molar-refractivity contribution >= 4 is 22.6 Å². The van der Waals surface area contributed by atoms with Gasteiger partial charge >= 0.3 is 0 Å². The minimum absolute atomic E-state index is 0.143. The number of anilines is 1. The number of benzene rings is 3. The Labute approximate surface area is 228 Å². The molecule has 1 saturated heterocycles. The van der Waals surface area contributed by atoms with Gasteiger partial charge in [-0.05, 0) is 81.3 Å². The van der Waals surface area contributed by atoms with Crippen molar-refractivity contribution in [3.8, 4) is 0 Å². The van der Waals surface area contributed by atoms with Gasteiger partial charge in [0.1, 0.15) is 17.5 Å². The summed E-state index contributed by atoms with van der Waals surface area (Å²) < 4.78 is 15.5. The lowest BCUT2D eigenvalue weighted by atomic mass is 9.89. The van der Waals surface area contributed by atoms with Crippen molar-refractivity contribution in [2.75, 3.05) is 24.5 Å². The summed E-state index contributed by atoms with van der Waals surface area (Å²) >= 11 is 0. The smallest absolute Gasteiger partial charge is 0.258 e. The SMILES string of the molecule is C=CC[C@]1(C)CN[C@@H](C)CN1C(c1cccc(C(=O)N(CC)c2ccc(F)cc2)c1)n1nnc2ccccc21. The van der Waals surface area contributed by atoms with Crippen molar-refractivity contribution < 1.29 is 9.18 Å². The second-order valence-electron chi connectivity index (χ2n) is 10.5. The molecule has 7 nitrogen and oxygen atoms in total. The summed E-state index contributed by atoms with van der Waals surface area (Å²) in [6.45, 7) is 12.4. The van der Waals surface area contributed by atoms with Gasteiger partial charge in [-0.1, -0.05) is 35.6 Å². The van der Waals surface area contributed by atoms with Crippen LogP contribution in [0.3, 0.4) is 0 Å². The van der Waals surface area contributed by atoms with E-state index in [1.54, 1.807) is 17.0 Å². The van der Waals surface area contributed by atoms with E-state index in [4.69, 9.17) is 0 Å². The predicted octanol–water partition coefficient (Wildman–Crippen LogP) is 5.41. The number of nitrogens with zero attached hydrogens (tertiary/aromatic N) is 5. The van der Waals surface area contributed by atoms with Gasteiger partial charge in [0, 0.05) is 42.5 Å². The highest BCUT2D eigenvalue weighted by molar-refractivity contribution is 6.06. The molecule has 202 valence electrons. The van der Waals surface area contributed by atoms with Gasteiger partial charge in [0.05, 0.1) is 5.52 Å². The van der Waals surface area contributed by atoms with E-state index in [9.17, 15) is 9.18 Å². The van der Waals surface area contributed by atoms with Gasteiger partial charge < -0.3 is 10.2 Å². The van der Waals surface area contributed by atoms with Crippen LogP contribution < -0.4 is 10.2 Å². The summed E-state index contributed by atoms with van der Waals surface area (Å²) in [4.78, 5) is 17.9. The van der Waals surface area contributed by atoms with E-state index in [-0.39, 0.29) is 29.5 Å². The molecule has 1 aliphatic heterocycles. The second-order valence-corrected chi connectivity index (χ2v) is 10.5. The molecule has 0 radical (unpaired) electrons. The lowest BCUT2D eigenvalue weighted by molar-refractivity contribution is 0.00141. The lowest BCUT2D eigenvalue weighted by Gasteiger charge is -2.50. The fourth-order valence-electron chi connectivity index (χ4n) is 5.54. The molecule has 39 heavy (non-hydrogen) atoms. The van der Waals surface area contributed by atoms with Gasteiger partial charge in [0.15, 0.2) is 0 Å². The van der Waals surface area contributed by atoms with Gasteiger partial charge in [-0.15, -0.1) is 11.7 Å². The summed E-state index contributed by atoms with van der Waals surface area (Å²) in [5.74, 6) is -0.476. The third-order valence-electron chi connectivity index (χ3n) is 7.62. The first kappa shape index (κ1) is 26.7. The topological polar surface area (TPSA) is 66.3 Å². The molecule has 1 unspecified atom stereocenters. The third kappa shape index (κ3) is 5.22. The van der Waals surface area contributed by atoms with Crippen LogP contribution in [-0.4, -0.2) is 57.0 Å². The van der Waals surface area contributed by atoms with Gasteiger partial charge in [-0.25, -0.2) is 9.07 Å². The predicted molar refractivity (Wildman–Crippen MR) is 153 cm³/mol. The normalized spacial score (nSPS) is 20.6. The minimum Gasteiger partial charge on any atom is -0.311 e. The first-order valence-electron chi connectivity index (χ1n) is 13.4. The number of nitrogens with one attached hydrogen (secondary N) is 1. The highest BCUT2D eigenvalue weighted by Crippen LogP contribution is 2.36. The molecule has 0 aliphatic carbocycles. The average molecular weight is 527 g/mol. The number of carbonyl (C=O) groups excluding carboxylic acids is 1. The van der Waals surface area contributed by atoms with Crippen LogP contribution in [0, 0.1) is 5.82 Å². The number of carbonyl (C=O) groups is 1. The maximum atomic E-state index is 13.8. The summed E-state index contributed by atoms with van der Waals surface area (Å²) in [7, 11) is 0. The molecule has 1 fully saturated rings. The molecule has 3 aromatic carbocycles. The van der Waals surface area contributed by atoms with Gasteiger partial charge in [0.25, 0.3) is 5.91 Å². The van der Waals surface area contributed by atoms with Crippen LogP contribution in [0.15, 0.2) is 85.5 Å². The van der Waals surface area contributed by atoms with Crippen molar-refractivity contribution in [1.29, 1.82) is 0 Å². The molecule has 0 bridgehead atoms. The van der Waals surface area contributed by atoms with Crippen LogP contribution in [0.5, 0.6) is 0 Å². The number of para-hydroxylation sites is 1. The van der Waals surface area contributed by atoms with E-state index in [2.05, 4.69) is 41.0 Å². The van der Waals surface area contributed by atoms with Crippen molar-refractivity contribution in [1.82, 2.24) is 25.2 Å². The number of hydrogen-bond donors (Lipinski definition) is 1. The number of rotatable bonds is 8. The molecule has 1 N–H and O–H groups in total. The molecule has 2 heterocycles. The van der Waals surface area contributed by atoms with Crippen molar-refractivity contribution in [3.05, 3.63) is 102 Å². The van der Waals surface area contributed by atoms with E-state index in [0.717, 1.165) is 36.1 Å². The monoisotopic (exact) mass is 526 g/mol. The van der Waals surface area contributed by atoms with Gasteiger partial charge in [-0.2, -0.15) is 0 Å². The fraction of sp³-hybridized carbons (Fsp3) is 0.323. The maximum absolute atomic E-state index is 13.8. The van der Waals surface area contributed by atoms with Crippen molar-refractivity contribution in [3.63, 3.8) is 0 Å². The number of amides is 1. The minimum atomic E-state index is -0.333. The largest absolute Gasteiger partial charge is 0.311 e. The molecule has 3 atom stereocenters. The first-order chi connectivity index (χ1) is 18.8. The fourth-order valence-corrected chi connectivity index (χ4v) is 5.54. The Bertz CT molecular complexity index is 1470. The highest BCUT2D eigenvalue weighted by atomic mass is 19.1. The zero-order valence-electron chi connectivity index (χ0n) is 22.7. The second kappa shape index (κ2) is 11.1. The average Bonchev–Trinajstić information content (AvgIpc) is 3.36. The number of halogens is 1. The summed E-state index contributed by atoms with van der Waals surface area (Å²) in [6, 6.07) is 22.0. The van der Waals surface area contributed by atoms with Gasteiger partial charge in [0.2, 0.25) is 0 Å². The Morgan fingerprint density at radius 2 is 1.97 bits per heavy atom. The Morgan fingerprint density at radius 1 is 1.21 bits per heavy atom. The van der Waals surface area contributed by atoms with Crippen molar-refractivity contribution in [2.45, 2.75) is 44.9 Å². The summed E-state index contributed by atoms with van der Waals surface area (Å²) in [5.41, 5.74) is 3.65. The molecule has 0 saturated carbocycles. The van der Waals surface area contributed by atoms with Crippen LogP contribution in [0.1, 0.15) is 49.3 Å². The van der Waals surface area contributed by atoms with E-state index in [1.165, 1.54) is 12.1 Å². The van der Waals surface area contributed by atoms with Crippen LogP contribution in [0.4, 0.5) is 10.1 Å². The summed E-state index contributed by atoms with van der Waals surface area (Å²) in [6.07, 6.45) is 2.44. The van der Waals surface area contributed by atoms with E-state index >= 15 is 0 Å². The molecule has 1 aromatic heterocycles. The van der Waals surface area contributed by atoms with Crippen LogP contribution in [0.25, 0.3) is 11.0 Å². The standard InChI is InChI=1S/C31H35FN6O/c1-5-18-31(4)21-33-22(3)20-37(31)29(38-28-13-8-7-12-27(28)34-35-38)23-10-9-11-24(19-23)30(39)36(6-2)26-16-14-25(32)15-17-26/h5,7-17,19,22,29,33H,1,6,18,20-21H2,2-4H3/t22-,29?,31+/m0/s1. The van der Waals surface area contributed by atoms with Crippen LogP contribution >= 0.6 is 0 Å². The number of aromatic nitrogens is 3. The Hall–Kier alpha value is -3.88. The molecule has 5 rings (SSSR count). The number of piperazine rings is 1. The van der Waals surface area contributed by atoms with E-state index in [0.29, 0.717) is 17.8 Å². The molecule has 4 aromatic rings. The van der Waals surface area contributed by atoms with Crippen molar-refractivity contribution in [2.24, 2.45) is 0 Å². The zero-order chi connectivity index (χ0) is 27.6.